The van der Waals surface area contributed by atoms with Crippen molar-refractivity contribution in [3.63, 3.8) is 0 Å². The summed E-state index contributed by atoms with van der Waals surface area (Å²) in [7, 11) is 1.75. The van der Waals surface area contributed by atoms with Gasteiger partial charge in [-0.3, -0.25) is 14.4 Å². The summed E-state index contributed by atoms with van der Waals surface area (Å²) < 4.78 is 0. The minimum Gasteiger partial charge on any atom is -0.341 e. The van der Waals surface area contributed by atoms with Gasteiger partial charge in [-0.15, -0.1) is 0 Å². The molecule has 152 valence electrons. The first-order valence-electron chi connectivity index (χ1n) is 10.1. The van der Waals surface area contributed by atoms with Crippen molar-refractivity contribution in [3.8, 4) is 0 Å². The van der Waals surface area contributed by atoms with Crippen LogP contribution >= 0.6 is 0 Å². The van der Waals surface area contributed by atoms with Crippen LogP contribution in [0.25, 0.3) is 6.08 Å². The number of Topliss-reactive ketones (excluding diaryl/α,β-unsaturated/α-hetero) is 2. The van der Waals surface area contributed by atoms with E-state index in [1.165, 1.54) is 0 Å². The van der Waals surface area contributed by atoms with Crippen molar-refractivity contribution in [1.82, 2.24) is 4.90 Å². The standard InChI is InChI=1S/C24H33NO3/c1-8-10-16-11-15(3)21(17(9-2)12-16)22-19(26)13-18(23(22)28)14-20(27)25(7)24(4,5)6/h8,10-12,18,22H,9,13-14H2,1-7H3/b10-8+. The number of aryl methyl sites for hydroxylation is 2. The number of ketones is 2. The van der Waals surface area contributed by atoms with Crippen molar-refractivity contribution in [2.75, 3.05) is 7.05 Å². The highest BCUT2D eigenvalue weighted by Gasteiger charge is 2.44. The normalized spacial score (nSPS) is 20.2. The summed E-state index contributed by atoms with van der Waals surface area (Å²) >= 11 is 0. The van der Waals surface area contributed by atoms with E-state index >= 15 is 0 Å². The van der Waals surface area contributed by atoms with Gasteiger partial charge in [0.15, 0.2) is 5.78 Å². The number of benzene rings is 1. The van der Waals surface area contributed by atoms with E-state index in [9.17, 15) is 14.4 Å². The summed E-state index contributed by atoms with van der Waals surface area (Å²) in [6, 6.07) is 4.09. The Morgan fingerprint density at radius 3 is 2.43 bits per heavy atom. The van der Waals surface area contributed by atoms with Gasteiger partial charge in [0.1, 0.15) is 11.7 Å². The van der Waals surface area contributed by atoms with Crippen LogP contribution in [0.15, 0.2) is 18.2 Å². The van der Waals surface area contributed by atoms with Gasteiger partial charge in [0.25, 0.3) is 0 Å². The van der Waals surface area contributed by atoms with Crippen LogP contribution in [-0.4, -0.2) is 35.0 Å². The predicted octanol–water partition coefficient (Wildman–Crippen LogP) is 4.48. The van der Waals surface area contributed by atoms with E-state index in [-0.39, 0.29) is 35.9 Å². The largest absolute Gasteiger partial charge is 0.341 e. The van der Waals surface area contributed by atoms with Crippen LogP contribution in [0.5, 0.6) is 0 Å². The van der Waals surface area contributed by atoms with Crippen molar-refractivity contribution in [3.05, 3.63) is 40.5 Å². The number of hydrogen-bond acceptors (Lipinski definition) is 3. The molecule has 28 heavy (non-hydrogen) atoms. The van der Waals surface area contributed by atoms with Crippen LogP contribution in [0.3, 0.4) is 0 Å². The second-order valence-electron chi connectivity index (χ2n) is 8.79. The molecule has 0 spiro atoms. The summed E-state index contributed by atoms with van der Waals surface area (Å²) in [4.78, 5) is 40.2. The molecule has 1 aliphatic carbocycles. The molecule has 2 unspecified atom stereocenters. The van der Waals surface area contributed by atoms with Crippen LogP contribution in [-0.2, 0) is 20.8 Å². The topological polar surface area (TPSA) is 54.5 Å². The number of nitrogens with zero attached hydrogens (tertiary/aromatic N) is 1. The maximum absolute atomic E-state index is 13.1. The lowest BCUT2D eigenvalue weighted by molar-refractivity contribution is -0.137. The molecule has 1 fully saturated rings. The third-order valence-electron chi connectivity index (χ3n) is 5.78. The highest BCUT2D eigenvalue weighted by Crippen LogP contribution is 2.38. The number of rotatable bonds is 5. The summed E-state index contributed by atoms with van der Waals surface area (Å²) in [5.74, 6) is -1.49. The lowest BCUT2D eigenvalue weighted by atomic mass is 9.84. The molecule has 1 aromatic rings. The van der Waals surface area contributed by atoms with Crippen LogP contribution in [0.4, 0.5) is 0 Å². The van der Waals surface area contributed by atoms with Gasteiger partial charge >= 0.3 is 0 Å². The summed E-state index contributed by atoms with van der Waals surface area (Å²) in [6.45, 7) is 11.8. The molecule has 0 N–H and O–H groups in total. The third kappa shape index (κ3) is 4.43. The minimum absolute atomic E-state index is 0.0576. The Morgan fingerprint density at radius 1 is 1.25 bits per heavy atom. The van der Waals surface area contributed by atoms with Crippen molar-refractivity contribution in [2.45, 2.75) is 72.3 Å². The zero-order chi connectivity index (χ0) is 21.2. The lowest BCUT2D eigenvalue weighted by Crippen LogP contribution is -2.43. The maximum atomic E-state index is 13.1. The van der Waals surface area contributed by atoms with Crippen molar-refractivity contribution in [2.24, 2.45) is 5.92 Å². The van der Waals surface area contributed by atoms with E-state index in [2.05, 4.69) is 6.07 Å². The van der Waals surface area contributed by atoms with Gasteiger partial charge in [-0.05, 0) is 63.3 Å². The Hall–Kier alpha value is -2.23. The molecule has 4 nitrogen and oxygen atoms in total. The molecule has 0 heterocycles. The SMILES string of the molecule is C/C=C/c1cc(C)c(C2C(=O)CC(CC(=O)N(C)C(C)(C)C)C2=O)c(CC)c1. The van der Waals surface area contributed by atoms with E-state index in [1.54, 1.807) is 11.9 Å². The second kappa shape index (κ2) is 8.42. The number of carbonyl (C=O) groups is 3. The van der Waals surface area contributed by atoms with Crippen LogP contribution in [0.2, 0.25) is 0 Å². The summed E-state index contributed by atoms with van der Waals surface area (Å²) in [5, 5.41) is 0. The number of hydrogen-bond donors (Lipinski definition) is 0. The molecular formula is C24H33NO3. The Morgan fingerprint density at radius 2 is 1.89 bits per heavy atom. The fraction of sp³-hybridized carbons (Fsp3) is 0.542. The Kier molecular flexibility index (Phi) is 6.63. The predicted molar refractivity (Wildman–Crippen MR) is 113 cm³/mol. The smallest absolute Gasteiger partial charge is 0.223 e. The van der Waals surface area contributed by atoms with E-state index in [0.717, 1.165) is 28.7 Å². The fourth-order valence-corrected chi connectivity index (χ4v) is 3.95. The molecule has 1 amide bonds. The summed E-state index contributed by atoms with van der Waals surface area (Å²) in [5.41, 5.74) is 3.63. The molecule has 1 aliphatic rings. The Labute approximate surface area is 169 Å². The molecule has 0 bridgehead atoms. The van der Waals surface area contributed by atoms with E-state index in [1.807, 2.05) is 59.8 Å². The average molecular weight is 384 g/mol. The maximum Gasteiger partial charge on any atom is 0.223 e. The molecular weight excluding hydrogens is 350 g/mol. The zero-order valence-corrected chi connectivity index (χ0v) is 18.3. The van der Waals surface area contributed by atoms with Crippen LogP contribution < -0.4 is 0 Å². The van der Waals surface area contributed by atoms with Gasteiger partial charge in [0, 0.05) is 31.3 Å². The van der Waals surface area contributed by atoms with Crippen LogP contribution in [0, 0.1) is 12.8 Å². The van der Waals surface area contributed by atoms with Gasteiger partial charge in [-0.25, -0.2) is 0 Å². The van der Waals surface area contributed by atoms with Gasteiger partial charge in [0.05, 0.1) is 0 Å². The number of carbonyl (C=O) groups excluding carboxylic acids is 3. The lowest BCUT2D eigenvalue weighted by Gasteiger charge is -2.32. The zero-order valence-electron chi connectivity index (χ0n) is 18.3. The molecule has 0 saturated heterocycles. The van der Waals surface area contributed by atoms with E-state index < -0.39 is 11.8 Å². The number of allylic oxidation sites excluding steroid dienone is 1. The van der Waals surface area contributed by atoms with E-state index in [4.69, 9.17) is 0 Å². The molecule has 0 aliphatic heterocycles. The molecule has 2 rings (SSSR count). The molecule has 1 aromatic carbocycles. The number of amides is 1. The first-order chi connectivity index (χ1) is 13.0. The van der Waals surface area contributed by atoms with Crippen molar-refractivity contribution in [1.29, 1.82) is 0 Å². The monoisotopic (exact) mass is 383 g/mol. The average Bonchev–Trinajstić information content (AvgIpc) is 2.87. The first-order valence-corrected chi connectivity index (χ1v) is 10.1. The molecule has 2 atom stereocenters. The quantitative estimate of drug-likeness (QED) is 0.705. The highest BCUT2D eigenvalue weighted by atomic mass is 16.2. The van der Waals surface area contributed by atoms with E-state index in [0.29, 0.717) is 0 Å². The molecule has 0 aromatic heterocycles. The molecule has 4 heteroatoms. The van der Waals surface area contributed by atoms with Crippen LogP contribution in [0.1, 0.15) is 75.6 Å². The second-order valence-corrected chi connectivity index (χ2v) is 8.79. The van der Waals surface area contributed by atoms with Gasteiger partial charge < -0.3 is 4.90 Å². The highest BCUT2D eigenvalue weighted by molar-refractivity contribution is 6.15. The molecule has 0 radical (unpaired) electrons. The van der Waals surface area contributed by atoms with Crippen molar-refractivity contribution < 1.29 is 14.4 Å². The molecule has 1 saturated carbocycles. The van der Waals surface area contributed by atoms with Gasteiger partial charge in [-0.1, -0.05) is 31.2 Å². The van der Waals surface area contributed by atoms with Gasteiger partial charge in [-0.2, -0.15) is 0 Å². The summed E-state index contributed by atoms with van der Waals surface area (Å²) in [6.07, 6.45) is 5.03. The first kappa shape index (κ1) is 22.1. The van der Waals surface area contributed by atoms with Crippen molar-refractivity contribution >= 4 is 23.5 Å². The Bertz CT molecular complexity index is 814. The third-order valence-corrected chi connectivity index (χ3v) is 5.78. The Balaban J connectivity index is 2.33. The fourth-order valence-electron chi connectivity index (χ4n) is 3.95. The minimum atomic E-state index is -0.729. The van der Waals surface area contributed by atoms with Gasteiger partial charge in [0.2, 0.25) is 5.91 Å².